The molecule has 272 valence electrons. The Kier molecular flexibility index (Phi) is 11.5. The van der Waals surface area contributed by atoms with Crippen molar-refractivity contribution < 1.29 is 60.7 Å². The van der Waals surface area contributed by atoms with Crippen LogP contribution >= 0.6 is 0 Å². The second-order valence-corrected chi connectivity index (χ2v) is 11.8. The van der Waals surface area contributed by atoms with Crippen molar-refractivity contribution in [1.82, 2.24) is 15.6 Å². The number of nitrogens with one attached hydrogen (secondary N) is 2. The number of carbonyl (C=O) groups is 2. The first kappa shape index (κ1) is 38.5. The summed E-state index contributed by atoms with van der Waals surface area (Å²) in [5.74, 6) is -1.79. The molecule has 4 aromatic rings. The summed E-state index contributed by atoms with van der Waals surface area (Å²) in [4.78, 5) is 29.6. The number of carbonyl (C=O) groups excluding carboxylic acids is 2. The molecule has 0 aliphatic carbocycles. The molecule has 0 bridgehead atoms. The topological polar surface area (TPSA) is 150 Å². The molecule has 1 atom stereocenters. The number of amides is 2. The fraction of sp³-hybridized carbons (Fsp3) is 0.286. The Morgan fingerprint density at radius 3 is 2.12 bits per heavy atom. The first-order valence-electron chi connectivity index (χ1n) is 15.2. The van der Waals surface area contributed by atoms with E-state index in [1.54, 1.807) is 30.3 Å². The van der Waals surface area contributed by atoms with Gasteiger partial charge in [-0.3, -0.25) is 4.79 Å². The third kappa shape index (κ3) is 9.46. The fourth-order valence-electron chi connectivity index (χ4n) is 4.75. The molecule has 3 aromatic carbocycles. The minimum atomic E-state index is -5.49. The lowest BCUT2D eigenvalue weighted by molar-refractivity contribution is -0.265. The number of phenolic OH excluding ortho intramolecular Hbond substituents is 1. The van der Waals surface area contributed by atoms with Crippen LogP contribution in [0.15, 0.2) is 84.9 Å². The monoisotopic (exact) mass is 721 g/mol. The van der Waals surface area contributed by atoms with Crippen LogP contribution in [0, 0.1) is 0 Å². The predicted octanol–water partition coefficient (Wildman–Crippen LogP) is 6.19. The number of hydrogen-bond acceptors (Lipinski definition) is 8. The smallest absolute Gasteiger partial charge is 0.424 e. The zero-order chi connectivity index (χ0) is 37.6. The van der Waals surface area contributed by atoms with E-state index in [1.165, 1.54) is 19.9 Å². The van der Waals surface area contributed by atoms with Crippen LogP contribution in [0.2, 0.25) is 0 Å². The molecule has 1 heterocycles. The van der Waals surface area contributed by atoms with E-state index in [4.69, 9.17) is 14.6 Å². The number of aliphatic hydroxyl groups excluding tert-OH is 1. The van der Waals surface area contributed by atoms with E-state index in [-0.39, 0.29) is 48.0 Å². The predicted molar refractivity (Wildman–Crippen MR) is 170 cm³/mol. The van der Waals surface area contributed by atoms with Gasteiger partial charge in [-0.1, -0.05) is 42.5 Å². The Labute approximate surface area is 287 Å². The highest BCUT2D eigenvalue weighted by atomic mass is 19.4. The number of nitrogens with zero attached hydrogens (tertiary/aromatic N) is 1. The van der Waals surface area contributed by atoms with Gasteiger partial charge < -0.3 is 35.4 Å². The Hall–Kier alpha value is -5.35. The molecule has 51 heavy (non-hydrogen) atoms. The second-order valence-electron chi connectivity index (χ2n) is 11.8. The van der Waals surface area contributed by atoms with Crippen molar-refractivity contribution in [3.05, 3.63) is 113 Å². The number of alkyl halides is 6. The van der Waals surface area contributed by atoms with E-state index in [9.17, 15) is 46.1 Å². The number of aliphatic hydroxyl groups is 2. The van der Waals surface area contributed by atoms with Gasteiger partial charge in [0.2, 0.25) is 5.60 Å². The third-order valence-electron chi connectivity index (χ3n) is 7.65. The van der Waals surface area contributed by atoms with Gasteiger partial charge in [-0.15, -0.1) is 0 Å². The van der Waals surface area contributed by atoms with Gasteiger partial charge >= 0.3 is 18.4 Å². The van der Waals surface area contributed by atoms with E-state index in [2.05, 4.69) is 10.3 Å². The molecule has 0 fully saturated rings. The van der Waals surface area contributed by atoms with Crippen LogP contribution in [0.25, 0.3) is 11.3 Å². The Morgan fingerprint density at radius 1 is 0.863 bits per heavy atom. The second kappa shape index (κ2) is 15.3. The van der Waals surface area contributed by atoms with Crippen molar-refractivity contribution in [2.45, 2.75) is 43.9 Å². The fourth-order valence-corrected chi connectivity index (χ4v) is 4.75. The van der Waals surface area contributed by atoms with Gasteiger partial charge in [0.1, 0.15) is 13.2 Å². The summed E-state index contributed by atoms with van der Waals surface area (Å²) in [6.07, 6.45) is -11.1. The molecule has 10 nitrogen and oxygen atoms in total. The molecule has 0 saturated heterocycles. The van der Waals surface area contributed by atoms with Gasteiger partial charge in [-0.25, -0.2) is 9.78 Å². The molecule has 0 radical (unpaired) electrons. The number of ether oxygens (including phenoxy) is 2. The molecule has 1 aromatic heterocycles. The first-order valence-corrected chi connectivity index (χ1v) is 15.2. The third-order valence-corrected chi connectivity index (χ3v) is 7.65. The number of phenols is 1. The minimum Gasteiger partial charge on any atom is -0.504 e. The molecular formula is C35H33F6N3O7. The Morgan fingerprint density at radius 2 is 1.53 bits per heavy atom. The molecule has 5 N–H and O–H groups in total. The SMILES string of the molecule is CC(C)(NC(=O)OCc1ccccc1)c1cc(-c2ccc(C(F)(F)F)cc2)nc(C(O)(CNC(=O)c2ccc(OCCO)c(O)c2)C(F)(F)F)c1. The van der Waals surface area contributed by atoms with Gasteiger partial charge in [0.05, 0.1) is 35.6 Å². The summed E-state index contributed by atoms with van der Waals surface area (Å²) < 4.78 is 94.4. The van der Waals surface area contributed by atoms with Crippen LogP contribution in [-0.2, 0) is 28.7 Å². The van der Waals surface area contributed by atoms with Gasteiger partial charge in [0.15, 0.2) is 11.5 Å². The summed E-state index contributed by atoms with van der Waals surface area (Å²) in [6.45, 7) is 0.653. The highest BCUT2D eigenvalue weighted by molar-refractivity contribution is 5.95. The maximum atomic E-state index is 14.8. The maximum absolute atomic E-state index is 14.8. The lowest BCUT2D eigenvalue weighted by Gasteiger charge is -2.33. The molecule has 2 amide bonds. The van der Waals surface area contributed by atoms with Gasteiger partial charge in [-0.2, -0.15) is 26.3 Å². The summed E-state index contributed by atoms with van der Waals surface area (Å²) >= 11 is 0. The Bertz CT molecular complexity index is 1830. The van der Waals surface area contributed by atoms with E-state index in [0.29, 0.717) is 17.7 Å². The van der Waals surface area contributed by atoms with Crippen LogP contribution < -0.4 is 15.4 Å². The van der Waals surface area contributed by atoms with E-state index in [1.807, 2.05) is 5.32 Å². The summed E-state index contributed by atoms with van der Waals surface area (Å²) in [5, 5.41) is 34.8. The van der Waals surface area contributed by atoms with Crippen LogP contribution in [0.3, 0.4) is 0 Å². The summed E-state index contributed by atoms with van der Waals surface area (Å²) in [7, 11) is 0. The normalized spacial score (nSPS) is 13.2. The number of aromatic hydroxyl groups is 1. The largest absolute Gasteiger partial charge is 0.504 e. The minimum absolute atomic E-state index is 0.0545. The van der Waals surface area contributed by atoms with E-state index >= 15 is 0 Å². The van der Waals surface area contributed by atoms with E-state index in [0.717, 1.165) is 36.4 Å². The van der Waals surface area contributed by atoms with Crippen molar-refractivity contribution in [2.24, 2.45) is 0 Å². The van der Waals surface area contributed by atoms with Crippen molar-refractivity contribution in [3.63, 3.8) is 0 Å². The highest BCUT2D eigenvalue weighted by Crippen LogP contribution is 2.41. The van der Waals surface area contributed by atoms with Gasteiger partial charge in [0.25, 0.3) is 5.91 Å². The zero-order valence-corrected chi connectivity index (χ0v) is 27.1. The van der Waals surface area contributed by atoms with Crippen molar-refractivity contribution in [2.75, 3.05) is 19.8 Å². The number of alkyl carbamates (subject to hydrolysis) is 1. The molecule has 0 spiro atoms. The van der Waals surface area contributed by atoms with Crippen LogP contribution in [-0.4, -0.2) is 58.2 Å². The number of halogens is 6. The number of rotatable bonds is 12. The number of pyridine rings is 1. The van der Waals surface area contributed by atoms with Crippen LogP contribution in [0.5, 0.6) is 11.5 Å². The molecule has 0 saturated carbocycles. The molecule has 4 rings (SSSR count). The van der Waals surface area contributed by atoms with Crippen molar-refractivity contribution in [3.8, 4) is 22.8 Å². The highest BCUT2D eigenvalue weighted by Gasteiger charge is 2.56. The standard InChI is InChI=1S/C35H33F6N3O7/c1-32(2,44-31(48)51-19-21-6-4-3-5-7-21)25-17-26(22-8-11-24(12-9-22)34(36,37)38)43-29(18-25)33(49,35(39,40)41)20-42-30(47)23-10-13-28(27(46)16-23)50-15-14-45/h3-13,16-18,45-46,49H,14-15,19-20H2,1-2H3,(H,42,47)(H,44,48). The quantitative estimate of drug-likeness (QED) is 0.109. The van der Waals surface area contributed by atoms with Crippen LogP contribution in [0.1, 0.15) is 46.6 Å². The molecule has 1 unspecified atom stereocenters. The molecule has 0 aliphatic heterocycles. The average Bonchev–Trinajstić information content (AvgIpc) is 3.08. The molecule has 16 heteroatoms. The molecule has 0 aliphatic rings. The maximum Gasteiger partial charge on any atom is 0.424 e. The lowest BCUT2D eigenvalue weighted by Crippen LogP contribution is -2.52. The van der Waals surface area contributed by atoms with Crippen molar-refractivity contribution in [1.29, 1.82) is 0 Å². The number of aromatic nitrogens is 1. The Balaban J connectivity index is 1.71. The van der Waals surface area contributed by atoms with Crippen molar-refractivity contribution >= 4 is 12.0 Å². The zero-order valence-electron chi connectivity index (χ0n) is 27.1. The summed E-state index contributed by atoms with van der Waals surface area (Å²) in [5.41, 5.74) is -7.53. The first-order chi connectivity index (χ1) is 23.8. The van der Waals surface area contributed by atoms with E-state index < -0.39 is 59.0 Å². The lowest BCUT2D eigenvalue weighted by atomic mass is 9.88. The average molecular weight is 722 g/mol. The number of hydrogen-bond donors (Lipinski definition) is 5. The number of benzene rings is 3. The van der Waals surface area contributed by atoms with Gasteiger partial charge in [-0.05, 0) is 67.4 Å². The molecular weight excluding hydrogens is 688 g/mol. The van der Waals surface area contributed by atoms with Crippen LogP contribution in [0.4, 0.5) is 31.1 Å². The summed E-state index contributed by atoms with van der Waals surface area (Å²) in [6, 6.07) is 17.3. The van der Waals surface area contributed by atoms with Gasteiger partial charge in [0, 0.05) is 11.1 Å².